The van der Waals surface area contributed by atoms with Gasteiger partial charge in [0.15, 0.2) is 0 Å². The largest absolute Gasteiger partial charge is 0.384 e. The van der Waals surface area contributed by atoms with Gasteiger partial charge in [0.25, 0.3) is 0 Å². The van der Waals surface area contributed by atoms with Gasteiger partial charge in [0.05, 0.1) is 25.2 Å². The fourth-order valence-electron chi connectivity index (χ4n) is 3.83. The van der Waals surface area contributed by atoms with Crippen LogP contribution >= 0.6 is 0 Å². The molecule has 6 nitrogen and oxygen atoms in total. The van der Waals surface area contributed by atoms with Crippen molar-refractivity contribution in [2.45, 2.75) is 37.5 Å². The average Bonchev–Trinajstić information content (AvgIpc) is 2.60. The summed E-state index contributed by atoms with van der Waals surface area (Å²) >= 11 is 0. The van der Waals surface area contributed by atoms with E-state index in [1.165, 1.54) is 5.56 Å². The summed E-state index contributed by atoms with van der Waals surface area (Å²) in [6.07, 6.45) is 6.49. The molecule has 2 saturated heterocycles. The molecule has 2 atom stereocenters. The molecule has 1 aromatic rings. The summed E-state index contributed by atoms with van der Waals surface area (Å²) in [5, 5.41) is 0. The van der Waals surface area contributed by atoms with Crippen LogP contribution < -0.4 is 0 Å². The van der Waals surface area contributed by atoms with Crippen LogP contribution in [0.4, 0.5) is 0 Å². The van der Waals surface area contributed by atoms with E-state index < -0.39 is 0 Å². The third-order valence-corrected chi connectivity index (χ3v) is 5.24. The Morgan fingerprint density at radius 2 is 2.12 bits per heavy atom. The lowest BCUT2D eigenvalue weighted by atomic mass is 9.87. The number of hydrogen-bond donors (Lipinski definition) is 0. The lowest BCUT2D eigenvalue weighted by Crippen LogP contribution is -2.60. The second-order valence-electron chi connectivity index (χ2n) is 6.56. The van der Waals surface area contributed by atoms with Gasteiger partial charge in [0.1, 0.15) is 0 Å². The van der Waals surface area contributed by atoms with E-state index in [4.69, 9.17) is 9.47 Å². The number of pyridine rings is 1. The second-order valence-corrected chi connectivity index (χ2v) is 6.56. The first-order valence-electron chi connectivity index (χ1n) is 8.69. The standard InChI is InChI=1S/C18H27N3O3/c1-23-11-7-17(22)20-9-5-15(6-10-20)21-13-16(24-2)18(21)14-4-3-8-19-12-14/h3-4,8,12,15-16,18H,5-7,9-11,13H2,1-2H3. The van der Waals surface area contributed by atoms with Crippen LogP contribution in [0.3, 0.4) is 0 Å². The fourth-order valence-corrected chi connectivity index (χ4v) is 3.83. The molecule has 0 spiro atoms. The Morgan fingerprint density at radius 3 is 2.75 bits per heavy atom. The second kappa shape index (κ2) is 8.05. The Balaban J connectivity index is 1.57. The molecule has 0 radical (unpaired) electrons. The highest BCUT2D eigenvalue weighted by Crippen LogP contribution is 2.39. The highest BCUT2D eigenvalue weighted by atomic mass is 16.5. The van der Waals surface area contributed by atoms with Crippen molar-refractivity contribution in [3.63, 3.8) is 0 Å². The lowest BCUT2D eigenvalue weighted by Gasteiger charge is -2.53. The number of piperidine rings is 1. The van der Waals surface area contributed by atoms with Crippen molar-refractivity contribution in [1.82, 2.24) is 14.8 Å². The molecule has 0 bridgehead atoms. The maximum absolute atomic E-state index is 12.1. The van der Waals surface area contributed by atoms with Crippen LogP contribution in [-0.4, -0.2) is 73.3 Å². The molecule has 2 fully saturated rings. The molecule has 24 heavy (non-hydrogen) atoms. The van der Waals surface area contributed by atoms with Crippen molar-refractivity contribution in [2.24, 2.45) is 0 Å². The SMILES string of the molecule is COCCC(=O)N1CCC(N2CC(OC)C2c2cccnc2)CC1. The Morgan fingerprint density at radius 1 is 1.33 bits per heavy atom. The predicted molar refractivity (Wildman–Crippen MR) is 90.6 cm³/mol. The van der Waals surface area contributed by atoms with E-state index >= 15 is 0 Å². The fraction of sp³-hybridized carbons (Fsp3) is 0.667. The summed E-state index contributed by atoms with van der Waals surface area (Å²) in [4.78, 5) is 20.8. The van der Waals surface area contributed by atoms with E-state index in [2.05, 4.69) is 16.0 Å². The number of hydrogen-bond acceptors (Lipinski definition) is 5. The van der Waals surface area contributed by atoms with E-state index in [1.807, 2.05) is 17.2 Å². The van der Waals surface area contributed by atoms with Crippen LogP contribution in [0.2, 0.25) is 0 Å². The molecule has 0 N–H and O–H groups in total. The monoisotopic (exact) mass is 333 g/mol. The Kier molecular flexibility index (Phi) is 5.81. The summed E-state index contributed by atoms with van der Waals surface area (Å²) in [6.45, 7) is 3.13. The number of amides is 1. The minimum Gasteiger partial charge on any atom is -0.384 e. The molecule has 0 aromatic carbocycles. The molecular weight excluding hydrogens is 306 g/mol. The first-order chi connectivity index (χ1) is 11.7. The first-order valence-corrected chi connectivity index (χ1v) is 8.69. The van der Waals surface area contributed by atoms with Gasteiger partial charge in [0, 0.05) is 52.3 Å². The minimum atomic E-state index is 0.206. The topological polar surface area (TPSA) is 54.9 Å². The highest BCUT2D eigenvalue weighted by molar-refractivity contribution is 5.76. The van der Waals surface area contributed by atoms with Crippen molar-refractivity contribution in [1.29, 1.82) is 0 Å². The van der Waals surface area contributed by atoms with Gasteiger partial charge >= 0.3 is 0 Å². The van der Waals surface area contributed by atoms with Crippen molar-refractivity contribution >= 4 is 5.91 Å². The van der Waals surface area contributed by atoms with Gasteiger partial charge in [-0.3, -0.25) is 14.7 Å². The molecule has 6 heteroatoms. The highest BCUT2D eigenvalue weighted by Gasteiger charge is 2.44. The molecule has 0 aliphatic carbocycles. The molecule has 1 amide bonds. The van der Waals surface area contributed by atoms with E-state index in [-0.39, 0.29) is 18.1 Å². The zero-order chi connectivity index (χ0) is 16.9. The minimum absolute atomic E-state index is 0.206. The summed E-state index contributed by atoms with van der Waals surface area (Å²) in [7, 11) is 3.41. The van der Waals surface area contributed by atoms with E-state index in [0.29, 0.717) is 19.1 Å². The maximum atomic E-state index is 12.1. The van der Waals surface area contributed by atoms with Crippen molar-refractivity contribution in [3.05, 3.63) is 30.1 Å². The summed E-state index contributed by atoms with van der Waals surface area (Å²) in [5.74, 6) is 0.206. The number of ether oxygens (including phenoxy) is 2. The predicted octanol–water partition coefficient (Wildman–Crippen LogP) is 1.48. The maximum Gasteiger partial charge on any atom is 0.224 e. The third-order valence-electron chi connectivity index (χ3n) is 5.24. The third kappa shape index (κ3) is 3.61. The van der Waals surface area contributed by atoms with Crippen molar-refractivity contribution in [2.75, 3.05) is 40.5 Å². The zero-order valence-corrected chi connectivity index (χ0v) is 14.6. The van der Waals surface area contributed by atoms with Gasteiger partial charge < -0.3 is 14.4 Å². The van der Waals surface area contributed by atoms with E-state index in [0.717, 1.165) is 32.5 Å². The van der Waals surface area contributed by atoms with Crippen LogP contribution in [0.15, 0.2) is 24.5 Å². The summed E-state index contributed by atoms with van der Waals surface area (Å²) in [5.41, 5.74) is 1.22. The average molecular weight is 333 g/mol. The van der Waals surface area contributed by atoms with Crippen LogP contribution in [0, 0.1) is 0 Å². The number of methoxy groups -OCH3 is 2. The van der Waals surface area contributed by atoms with Gasteiger partial charge in [-0.1, -0.05) is 6.07 Å². The number of aromatic nitrogens is 1. The van der Waals surface area contributed by atoms with Crippen LogP contribution in [0.5, 0.6) is 0 Å². The lowest BCUT2D eigenvalue weighted by molar-refractivity contribution is -0.138. The van der Waals surface area contributed by atoms with Crippen LogP contribution in [0.1, 0.15) is 30.9 Å². The smallest absolute Gasteiger partial charge is 0.224 e. The Bertz CT molecular complexity index is 532. The molecule has 2 aliphatic rings. The molecule has 2 aliphatic heterocycles. The molecule has 132 valence electrons. The van der Waals surface area contributed by atoms with Crippen molar-refractivity contribution < 1.29 is 14.3 Å². The normalized spacial score (nSPS) is 25.5. The summed E-state index contributed by atoms with van der Waals surface area (Å²) < 4.78 is 10.6. The van der Waals surface area contributed by atoms with Gasteiger partial charge in [0.2, 0.25) is 5.91 Å². The van der Waals surface area contributed by atoms with Crippen LogP contribution in [0.25, 0.3) is 0 Å². The molecule has 0 saturated carbocycles. The van der Waals surface area contributed by atoms with Gasteiger partial charge in [-0.05, 0) is 24.5 Å². The Labute approximate surface area is 143 Å². The van der Waals surface area contributed by atoms with E-state index in [1.54, 1.807) is 20.4 Å². The Hall–Kier alpha value is -1.50. The van der Waals surface area contributed by atoms with Gasteiger partial charge in [-0.2, -0.15) is 0 Å². The quantitative estimate of drug-likeness (QED) is 0.789. The van der Waals surface area contributed by atoms with Crippen molar-refractivity contribution in [3.8, 4) is 0 Å². The van der Waals surface area contributed by atoms with Crippen LogP contribution in [-0.2, 0) is 14.3 Å². The number of carbonyl (C=O) groups excluding carboxylic acids is 1. The van der Waals surface area contributed by atoms with E-state index in [9.17, 15) is 4.79 Å². The molecule has 3 heterocycles. The molecule has 2 unspecified atom stereocenters. The zero-order valence-electron chi connectivity index (χ0n) is 14.6. The summed E-state index contributed by atoms with van der Waals surface area (Å²) in [6, 6.07) is 4.90. The first kappa shape index (κ1) is 17.3. The molecular formula is C18H27N3O3. The number of rotatable bonds is 6. The molecule has 1 aromatic heterocycles. The molecule has 3 rings (SSSR count). The number of likely N-dealkylation sites (tertiary alicyclic amines) is 2. The van der Waals surface area contributed by atoms with Gasteiger partial charge in [-0.15, -0.1) is 0 Å². The van der Waals surface area contributed by atoms with Gasteiger partial charge in [-0.25, -0.2) is 0 Å². The number of nitrogens with zero attached hydrogens (tertiary/aromatic N) is 3. The number of carbonyl (C=O) groups is 1.